The first kappa shape index (κ1) is 22.5. The van der Waals surface area contributed by atoms with Crippen molar-refractivity contribution in [2.24, 2.45) is 0 Å². The number of rotatable bonds is 9. The first-order valence-electron chi connectivity index (χ1n) is 9.18. The summed E-state index contributed by atoms with van der Waals surface area (Å²) in [5.74, 6) is -2.00. The molecule has 0 atom stereocenters. The average molecular weight is 421 g/mol. The zero-order valence-electron chi connectivity index (χ0n) is 16.4. The van der Waals surface area contributed by atoms with Gasteiger partial charge in [0.25, 0.3) is 5.91 Å². The number of sulfone groups is 1. The predicted molar refractivity (Wildman–Crippen MR) is 106 cm³/mol. The highest BCUT2D eigenvalue weighted by molar-refractivity contribution is 7.91. The van der Waals surface area contributed by atoms with E-state index in [2.05, 4.69) is 0 Å². The van der Waals surface area contributed by atoms with Gasteiger partial charge in [-0.25, -0.2) is 12.8 Å². The van der Waals surface area contributed by atoms with E-state index in [0.717, 1.165) is 5.56 Å². The Hall–Kier alpha value is -2.74. The van der Waals surface area contributed by atoms with Gasteiger partial charge in [0.1, 0.15) is 5.82 Å². The number of likely N-dealkylation sites (N-methyl/N-ethyl adjacent to an activating group) is 1. The minimum Gasteiger partial charge on any atom is -0.456 e. The number of carbonyl (C=O) groups is 2. The SMILES string of the molecule is CCN(Cc1cccc(F)c1)C(=O)COC(=O)CCS(=O)(=O)c1ccc(C)cc1. The van der Waals surface area contributed by atoms with Crippen molar-refractivity contribution in [1.29, 1.82) is 0 Å². The third kappa shape index (κ3) is 6.98. The molecule has 0 saturated heterocycles. The fourth-order valence-electron chi connectivity index (χ4n) is 2.62. The molecule has 6 nitrogen and oxygen atoms in total. The predicted octanol–water partition coefficient (Wildman–Crippen LogP) is 2.89. The van der Waals surface area contributed by atoms with Crippen molar-refractivity contribution in [1.82, 2.24) is 4.90 Å². The second-order valence-corrected chi connectivity index (χ2v) is 8.69. The molecule has 156 valence electrons. The van der Waals surface area contributed by atoms with E-state index in [4.69, 9.17) is 4.74 Å². The second-order valence-electron chi connectivity index (χ2n) is 6.58. The molecule has 0 bridgehead atoms. The lowest BCUT2D eigenvalue weighted by Gasteiger charge is -2.21. The van der Waals surface area contributed by atoms with Gasteiger partial charge in [-0.3, -0.25) is 9.59 Å². The van der Waals surface area contributed by atoms with E-state index in [0.29, 0.717) is 12.1 Å². The maximum Gasteiger partial charge on any atom is 0.307 e. The van der Waals surface area contributed by atoms with Crippen molar-refractivity contribution in [2.75, 3.05) is 18.9 Å². The molecule has 29 heavy (non-hydrogen) atoms. The van der Waals surface area contributed by atoms with Crippen LogP contribution in [0.2, 0.25) is 0 Å². The minimum absolute atomic E-state index is 0.138. The molecule has 8 heteroatoms. The summed E-state index contributed by atoms with van der Waals surface area (Å²) in [5, 5.41) is 0. The topological polar surface area (TPSA) is 80.8 Å². The second kappa shape index (κ2) is 10.2. The van der Waals surface area contributed by atoms with Crippen molar-refractivity contribution in [3.63, 3.8) is 0 Å². The van der Waals surface area contributed by atoms with Crippen LogP contribution in [0.25, 0.3) is 0 Å². The average Bonchev–Trinajstić information content (AvgIpc) is 2.69. The van der Waals surface area contributed by atoms with Gasteiger partial charge in [0, 0.05) is 13.1 Å². The number of hydrogen-bond acceptors (Lipinski definition) is 5. The van der Waals surface area contributed by atoms with Gasteiger partial charge in [0.15, 0.2) is 16.4 Å². The van der Waals surface area contributed by atoms with Gasteiger partial charge < -0.3 is 9.64 Å². The molecule has 0 N–H and O–H groups in total. The molecule has 0 unspecified atom stereocenters. The Morgan fingerprint density at radius 2 is 1.79 bits per heavy atom. The Morgan fingerprint density at radius 1 is 1.10 bits per heavy atom. The molecule has 0 spiro atoms. The lowest BCUT2D eigenvalue weighted by Crippen LogP contribution is -2.34. The van der Waals surface area contributed by atoms with Crippen LogP contribution in [-0.4, -0.2) is 44.1 Å². The summed E-state index contributed by atoms with van der Waals surface area (Å²) < 4.78 is 42.7. The van der Waals surface area contributed by atoms with Crippen LogP contribution < -0.4 is 0 Å². The fourth-order valence-corrected chi connectivity index (χ4v) is 3.84. The van der Waals surface area contributed by atoms with Crippen LogP contribution >= 0.6 is 0 Å². The summed E-state index contributed by atoms with van der Waals surface area (Å²) in [5.41, 5.74) is 1.55. The van der Waals surface area contributed by atoms with Crippen molar-refractivity contribution in [3.05, 3.63) is 65.5 Å². The van der Waals surface area contributed by atoms with Gasteiger partial charge in [-0.1, -0.05) is 29.8 Å². The lowest BCUT2D eigenvalue weighted by atomic mass is 10.2. The first-order valence-corrected chi connectivity index (χ1v) is 10.8. The van der Waals surface area contributed by atoms with Gasteiger partial charge in [-0.15, -0.1) is 0 Å². The van der Waals surface area contributed by atoms with E-state index in [-0.39, 0.29) is 17.9 Å². The standard InChI is InChI=1S/C21H24FNO5S/c1-3-23(14-17-5-4-6-18(22)13-17)20(24)15-28-21(25)11-12-29(26,27)19-9-7-16(2)8-10-19/h4-10,13H,3,11-12,14-15H2,1-2H3. The zero-order valence-corrected chi connectivity index (χ0v) is 17.2. The minimum atomic E-state index is -3.61. The Labute approximate surface area is 170 Å². The maximum absolute atomic E-state index is 13.3. The highest BCUT2D eigenvalue weighted by atomic mass is 32.2. The van der Waals surface area contributed by atoms with Crippen LogP contribution in [0.4, 0.5) is 4.39 Å². The summed E-state index contributed by atoms with van der Waals surface area (Å²) in [4.78, 5) is 25.7. The van der Waals surface area contributed by atoms with Gasteiger partial charge in [0.2, 0.25) is 0 Å². The highest BCUT2D eigenvalue weighted by Crippen LogP contribution is 2.13. The molecule has 2 aromatic carbocycles. The quantitative estimate of drug-likeness (QED) is 0.582. The van der Waals surface area contributed by atoms with Crippen LogP contribution in [0.1, 0.15) is 24.5 Å². The maximum atomic E-state index is 13.3. The van der Waals surface area contributed by atoms with E-state index in [9.17, 15) is 22.4 Å². The molecule has 0 saturated carbocycles. The van der Waals surface area contributed by atoms with Crippen LogP contribution in [0, 0.1) is 12.7 Å². The van der Waals surface area contributed by atoms with E-state index in [1.807, 2.05) is 6.92 Å². The van der Waals surface area contributed by atoms with Crippen molar-refractivity contribution in [3.8, 4) is 0 Å². The number of aryl methyl sites for hydroxylation is 1. The molecule has 2 aromatic rings. The molecular formula is C21H24FNO5S. The van der Waals surface area contributed by atoms with Gasteiger partial charge in [-0.05, 0) is 43.7 Å². The Balaban J connectivity index is 1.84. The zero-order chi connectivity index (χ0) is 21.4. The molecule has 0 radical (unpaired) electrons. The number of esters is 1. The van der Waals surface area contributed by atoms with Crippen LogP contribution in [-0.2, 0) is 30.7 Å². The van der Waals surface area contributed by atoms with E-state index < -0.39 is 39.9 Å². The van der Waals surface area contributed by atoms with Crippen LogP contribution in [0.3, 0.4) is 0 Å². The molecule has 0 aliphatic carbocycles. The number of benzene rings is 2. The molecule has 1 amide bonds. The van der Waals surface area contributed by atoms with Crippen molar-refractivity contribution >= 4 is 21.7 Å². The van der Waals surface area contributed by atoms with Crippen molar-refractivity contribution in [2.45, 2.75) is 31.7 Å². The number of halogens is 1. The summed E-state index contributed by atoms with van der Waals surface area (Å²) in [6.07, 6.45) is -0.348. The normalized spacial score (nSPS) is 11.1. The van der Waals surface area contributed by atoms with E-state index >= 15 is 0 Å². The van der Waals surface area contributed by atoms with Crippen LogP contribution in [0.5, 0.6) is 0 Å². The largest absolute Gasteiger partial charge is 0.456 e. The number of amides is 1. The summed E-state index contributed by atoms with van der Waals surface area (Å²) >= 11 is 0. The summed E-state index contributed by atoms with van der Waals surface area (Å²) in [7, 11) is -3.61. The molecular weight excluding hydrogens is 397 g/mol. The van der Waals surface area contributed by atoms with E-state index in [1.54, 1.807) is 31.2 Å². The van der Waals surface area contributed by atoms with Crippen molar-refractivity contribution < 1.29 is 27.1 Å². The number of carbonyl (C=O) groups excluding carboxylic acids is 2. The van der Waals surface area contributed by atoms with Gasteiger partial charge >= 0.3 is 5.97 Å². The monoisotopic (exact) mass is 421 g/mol. The third-order valence-corrected chi connectivity index (χ3v) is 6.04. The summed E-state index contributed by atoms with van der Waals surface area (Å²) in [6, 6.07) is 12.2. The van der Waals surface area contributed by atoms with Gasteiger partial charge in [-0.2, -0.15) is 0 Å². The molecule has 2 rings (SSSR count). The Bertz CT molecular complexity index is 957. The van der Waals surface area contributed by atoms with E-state index in [1.165, 1.54) is 29.2 Å². The highest BCUT2D eigenvalue weighted by Gasteiger charge is 2.19. The number of ether oxygens (including phenoxy) is 1. The lowest BCUT2D eigenvalue weighted by molar-refractivity contribution is -0.151. The molecule has 0 aliphatic heterocycles. The Kier molecular flexibility index (Phi) is 7.90. The summed E-state index contributed by atoms with van der Waals surface area (Å²) in [6.45, 7) is 3.65. The first-order chi connectivity index (χ1) is 13.7. The Morgan fingerprint density at radius 3 is 2.41 bits per heavy atom. The smallest absolute Gasteiger partial charge is 0.307 e. The number of nitrogens with zero attached hydrogens (tertiary/aromatic N) is 1. The molecule has 0 fully saturated rings. The third-order valence-electron chi connectivity index (χ3n) is 4.31. The van der Waals surface area contributed by atoms with Gasteiger partial charge in [0.05, 0.1) is 17.1 Å². The van der Waals surface area contributed by atoms with Crippen LogP contribution in [0.15, 0.2) is 53.4 Å². The molecule has 0 aliphatic rings. The number of hydrogen-bond donors (Lipinski definition) is 0. The fraction of sp³-hybridized carbons (Fsp3) is 0.333. The molecule has 0 heterocycles. The molecule has 0 aromatic heterocycles.